The van der Waals surface area contributed by atoms with E-state index in [1.165, 1.54) is 31.3 Å². The summed E-state index contributed by atoms with van der Waals surface area (Å²) in [4.78, 5) is 13.4. The summed E-state index contributed by atoms with van der Waals surface area (Å²) in [5, 5.41) is 8.59. The standard InChI is InChI=1S/C21H27FN6O/c1-13(2)29-19-9-15(17(23)10-16(19)22)21(24)18-11-20(26-12-25-18)28-7-5-27(6-8-28)14-3-4-14/h9-14,24H,3-8,23H2,1-2H3. The number of hydrogen-bond acceptors (Lipinski definition) is 7. The topological polar surface area (TPSA) is 91.4 Å². The van der Waals surface area contributed by atoms with Gasteiger partial charge in [0.2, 0.25) is 0 Å². The second-order valence-electron chi connectivity index (χ2n) is 7.93. The molecule has 0 amide bonds. The Kier molecular flexibility index (Phi) is 5.36. The lowest BCUT2D eigenvalue weighted by molar-refractivity contribution is 0.231. The molecule has 7 nitrogen and oxygen atoms in total. The van der Waals surface area contributed by atoms with Crippen molar-refractivity contribution in [3.8, 4) is 5.75 Å². The maximum absolute atomic E-state index is 14.1. The van der Waals surface area contributed by atoms with Crippen LogP contribution in [0.1, 0.15) is 37.9 Å². The predicted octanol–water partition coefficient (Wildman–Crippen LogP) is 2.69. The Labute approximate surface area is 170 Å². The molecule has 2 fully saturated rings. The number of aromatic nitrogens is 2. The first kappa shape index (κ1) is 19.6. The highest BCUT2D eigenvalue weighted by atomic mass is 19.1. The van der Waals surface area contributed by atoms with E-state index in [-0.39, 0.29) is 23.3 Å². The molecule has 0 atom stereocenters. The average Bonchev–Trinajstić information content (AvgIpc) is 3.55. The molecule has 1 aliphatic heterocycles. The first-order valence-electron chi connectivity index (χ1n) is 10.1. The molecule has 1 aliphatic carbocycles. The zero-order valence-electron chi connectivity index (χ0n) is 16.9. The average molecular weight is 398 g/mol. The van der Waals surface area contributed by atoms with Gasteiger partial charge in [0.25, 0.3) is 0 Å². The number of ether oxygens (including phenoxy) is 1. The molecule has 1 saturated heterocycles. The van der Waals surface area contributed by atoms with Gasteiger partial charge >= 0.3 is 0 Å². The number of nitrogens with two attached hydrogens (primary N) is 1. The predicted molar refractivity (Wildman–Crippen MR) is 111 cm³/mol. The first-order chi connectivity index (χ1) is 13.9. The Morgan fingerprint density at radius 2 is 1.90 bits per heavy atom. The molecule has 0 spiro atoms. The summed E-state index contributed by atoms with van der Waals surface area (Å²) in [6, 6.07) is 5.25. The lowest BCUT2D eigenvalue weighted by Gasteiger charge is -2.35. The lowest BCUT2D eigenvalue weighted by Crippen LogP contribution is -2.47. The fraction of sp³-hybridized carbons (Fsp3) is 0.476. The second-order valence-corrected chi connectivity index (χ2v) is 7.93. The summed E-state index contributed by atoms with van der Waals surface area (Å²) in [7, 11) is 0. The van der Waals surface area contributed by atoms with Gasteiger partial charge in [0.15, 0.2) is 11.6 Å². The number of piperazine rings is 1. The molecule has 2 aromatic rings. The molecule has 1 aromatic heterocycles. The Hall–Kier alpha value is -2.74. The molecule has 154 valence electrons. The summed E-state index contributed by atoms with van der Waals surface area (Å²) in [6.07, 6.45) is 3.92. The molecule has 2 heterocycles. The van der Waals surface area contributed by atoms with Gasteiger partial charge in [-0.2, -0.15) is 0 Å². The minimum Gasteiger partial charge on any atom is -0.488 e. The molecule has 29 heavy (non-hydrogen) atoms. The minimum atomic E-state index is -0.537. The zero-order chi connectivity index (χ0) is 20.5. The van der Waals surface area contributed by atoms with Crippen molar-refractivity contribution in [3.63, 3.8) is 0 Å². The van der Waals surface area contributed by atoms with Crippen molar-refractivity contribution in [1.29, 1.82) is 5.41 Å². The molecule has 1 saturated carbocycles. The molecule has 2 aliphatic rings. The van der Waals surface area contributed by atoms with E-state index >= 15 is 0 Å². The number of nitrogens with one attached hydrogen (secondary N) is 1. The highest BCUT2D eigenvalue weighted by Crippen LogP contribution is 2.29. The van der Waals surface area contributed by atoms with Crippen LogP contribution in [0.3, 0.4) is 0 Å². The number of nitrogens with zero attached hydrogens (tertiary/aromatic N) is 4. The van der Waals surface area contributed by atoms with Crippen LogP contribution in [-0.4, -0.2) is 58.9 Å². The molecule has 4 rings (SSSR count). The van der Waals surface area contributed by atoms with E-state index in [1.807, 2.05) is 13.8 Å². The van der Waals surface area contributed by atoms with Crippen LogP contribution >= 0.6 is 0 Å². The fourth-order valence-corrected chi connectivity index (χ4v) is 3.68. The molecular weight excluding hydrogens is 371 g/mol. The van der Waals surface area contributed by atoms with E-state index in [0.29, 0.717) is 11.3 Å². The van der Waals surface area contributed by atoms with Crippen molar-refractivity contribution in [1.82, 2.24) is 14.9 Å². The van der Waals surface area contributed by atoms with Crippen LogP contribution in [-0.2, 0) is 0 Å². The van der Waals surface area contributed by atoms with E-state index in [1.54, 1.807) is 6.07 Å². The Balaban J connectivity index is 1.54. The smallest absolute Gasteiger partial charge is 0.167 e. The Morgan fingerprint density at radius 1 is 1.17 bits per heavy atom. The van der Waals surface area contributed by atoms with E-state index in [2.05, 4.69) is 19.8 Å². The van der Waals surface area contributed by atoms with Crippen molar-refractivity contribution >= 4 is 17.2 Å². The fourth-order valence-electron chi connectivity index (χ4n) is 3.68. The number of nitrogen functional groups attached to an aromatic ring is 1. The van der Waals surface area contributed by atoms with Gasteiger partial charge in [-0.3, -0.25) is 10.3 Å². The third-order valence-corrected chi connectivity index (χ3v) is 5.35. The van der Waals surface area contributed by atoms with Crippen molar-refractivity contribution in [2.24, 2.45) is 0 Å². The molecule has 0 radical (unpaired) electrons. The van der Waals surface area contributed by atoms with Crippen LogP contribution in [0, 0.1) is 11.2 Å². The van der Waals surface area contributed by atoms with Crippen LogP contribution < -0.4 is 15.4 Å². The van der Waals surface area contributed by atoms with Crippen LogP contribution in [0.25, 0.3) is 0 Å². The van der Waals surface area contributed by atoms with Gasteiger partial charge < -0.3 is 15.4 Å². The maximum atomic E-state index is 14.1. The number of halogens is 1. The highest BCUT2D eigenvalue weighted by molar-refractivity contribution is 6.13. The van der Waals surface area contributed by atoms with E-state index in [0.717, 1.165) is 38.0 Å². The van der Waals surface area contributed by atoms with Crippen molar-refractivity contribution in [2.45, 2.75) is 38.8 Å². The number of hydrogen-bond donors (Lipinski definition) is 2. The molecule has 8 heteroatoms. The van der Waals surface area contributed by atoms with Gasteiger partial charge in [-0.05, 0) is 32.8 Å². The number of anilines is 2. The van der Waals surface area contributed by atoms with Gasteiger partial charge in [0, 0.05) is 55.6 Å². The van der Waals surface area contributed by atoms with Gasteiger partial charge in [-0.25, -0.2) is 14.4 Å². The molecule has 3 N–H and O–H groups in total. The Bertz CT molecular complexity index is 906. The van der Waals surface area contributed by atoms with Crippen molar-refractivity contribution in [2.75, 3.05) is 36.8 Å². The van der Waals surface area contributed by atoms with E-state index in [4.69, 9.17) is 15.9 Å². The summed E-state index contributed by atoms with van der Waals surface area (Å²) >= 11 is 0. The van der Waals surface area contributed by atoms with Crippen LogP contribution in [0.5, 0.6) is 5.75 Å². The second kappa shape index (κ2) is 7.94. The van der Waals surface area contributed by atoms with Crippen LogP contribution in [0.2, 0.25) is 0 Å². The number of benzene rings is 1. The molecule has 0 bridgehead atoms. The first-order valence-corrected chi connectivity index (χ1v) is 10.1. The van der Waals surface area contributed by atoms with Crippen LogP contribution in [0.4, 0.5) is 15.9 Å². The van der Waals surface area contributed by atoms with Gasteiger partial charge in [0.1, 0.15) is 12.1 Å². The molecule has 1 aromatic carbocycles. The summed E-state index contributed by atoms with van der Waals surface area (Å²) < 4.78 is 19.7. The molecule has 0 unspecified atom stereocenters. The van der Waals surface area contributed by atoms with Crippen LogP contribution in [0.15, 0.2) is 24.5 Å². The largest absolute Gasteiger partial charge is 0.488 e. The van der Waals surface area contributed by atoms with Crippen molar-refractivity contribution in [3.05, 3.63) is 41.6 Å². The SMILES string of the molecule is CC(C)Oc1cc(C(=N)c2cc(N3CCN(C4CC4)CC3)ncn2)c(N)cc1F. The quantitative estimate of drug-likeness (QED) is 0.574. The molecular formula is C21H27FN6O. The third-order valence-electron chi connectivity index (χ3n) is 5.35. The summed E-state index contributed by atoms with van der Waals surface area (Å²) in [5.41, 5.74) is 7.14. The van der Waals surface area contributed by atoms with E-state index < -0.39 is 5.82 Å². The Morgan fingerprint density at radius 3 is 2.55 bits per heavy atom. The van der Waals surface area contributed by atoms with Gasteiger partial charge in [-0.1, -0.05) is 0 Å². The van der Waals surface area contributed by atoms with Crippen molar-refractivity contribution < 1.29 is 9.13 Å². The highest BCUT2D eigenvalue weighted by Gasteiger charge is 2.31. The van der Waals surface area contributed by atoms with E-state index in [9.17, 15) is 4.39 Å². The van der Waals surface area contributed by atoms with Gasteiger partial charge in [-0.15, -0.1) is 0 Å². The summed E-state index contributed by atoms with van der Waals surface area (Å²) in [5.74, 6) is 0.346. The monoisotopic (exact) mass is 398 g/mol. The maximum Gasteiger partial charge on any atom is 0.167 e. The summed E-state index contributed by atoms with van der Waals surface area (Å²) in [6.45, 7) is 7.52. The minimum absolute atomic E-state index is 0.0828. The zero-order valence-corrected chi connectivity index (χ0v) is 16.9. The third kappa shape index (κ3) is 4.32. The lowest BCUT2D eigenvalue weighted by atomic mass is 10.0. The number of rotatable bonds is 6. The normalized spacial score (nSPS) is 17.6. The van der Waals surface area contributed by atoms with Gasteiger partial charge in [0.05, 0.1) is 17.5 Å².